The number of aromatic nitrogens is 1. The van der Waals surface area contributed by atoms with E-state index < -0.39 is 0 Å². The van der Waals surface area contributed by atoms with E-state index >= 15 is 0 Å². The monoisotopic (exact) mass is 745 g/mol. The van der Waals surface area contributed by atoms with Crippen molar-refractivity contribution in [2.75, 3.05) is 0 Å². The smallest absolute Gasteiger partial charge is 0.0626 e. The first-order valence-electron chi connectivity index (χ1n) is 20.5. The lowest BCUT2D eigenvalue weighted by atomic mass is 9.90. The molecule has 13 aromatic rings. The SMILES string of the molecule is c1ccc(-c2cc3c(c4ccccc24)c2ccc4c5ccc(-c6ccc7c(ccc8ccccc87)c6)cc5c5ccccc5c4c2n3-c2ccc3ccccc3c2)cc1. The molecule has 0 radical (unpaired) electrons. The minimum atomic E-state index is 1.16. The van der Waals surface area contributed by atoms with Crippen LogP contribution in [0.3, 0.4) is 0 Å². The second kappa shape index (κ2) is 12.4. The molecule has 0 bridgehead atoms. The summed E-state index contributed by atoms with van der Waals surface area (Å²) < 4.78 is 2.56. The van der Waals surface area contributed by atoms with Crippen LogP contribution in [0.5, 0.6) is 0 Å². The molecule has 272 valence electrons. The number of hydrogen-bond donors (Lipinski definition) is 0. The van der Waals surface area contributed by atoms with Gasteiger partial charge in [0.15, 0.2) is 0 Å². The fourth-order valence-electron chi connectivity index (χ4n) is 10.2. The predicted octanol–water partition coefficient (Wildman–Crippen LogP) is 16.2. The molecule has 0 amide bonds. The van der Waals surface area contributed by atoms with Crippen LogP contribution >= 0.6 is 0 Å². The Morgan fingerprint density at radius 1 is 0.254 bits per heavy atom. The van der Waals surface area contributed by atoms with E-state index in [0.29, 0.717) is 0 Å². The van der Waals surface area contributed by atoms with E-state index in [4.69, 9.17) is 0 Å². The van der Waals surface area contributed by atoms with Crippen LogP contribution in [0.1, 0.15) is 0 Å². The van der Waals surface area contributed by atoms with Crippen molar-refractivity contribution in [2.24, 2.45) is 0 Å². The van der Waals surface area contributed by atoms with Gasteiger partial charge in [0.05, 0.1) is 11.0 Å². The molecule has 1 nitrogen and oxygen atoms in total. The number of benzene rings is 12. The van der Waals surface area contributed by atoms with Gasteiger partial charge < -0.3 is 4.57 Å². The Bertz CT molecular complexity index is 3870. The van der Waals surface area contributed by atoms with Crippen LogP contribution < -0.4 is 0 Å². The van der Waals surface area contributed by atoms with E-state index in [0.717, 1.165) is 5.69 Å². The average molecular weight is 746 g/mol. The maximum atomic E-state index is 2.56. The van der Waals surface area contributed by atoms with Crippen LogP contribution in [0.25, 0.3) is 125 Å². The van der Waals surface area contributed by atoms with Crippen molar-refractivity contribution >= 4 is 97.2 Å². The Balaban J connectivity index is 1.15. The Morgan fingerprint density at radius 3 is 1.63 bits per heavy atom. The van der Waals surface area contributed by atoms with Crippen molar-refractivity contribution in [1.29, 1.82) is 0 Å². The van der Waals surface area contributed by atoms with Crippen LogP contribution in [0.4, 0.5) is 0 Å². The topological polar surface area (TPSA) is 4.93 Å². The van der Waals surface area contributed by atoms with Crippen molar-refractivity contribution in [3.63, 3.8) is 0 Å². The summed E-state index contributed by atoms with van der Waals surface area (Å²) >= 11 is 0. The Morgan fingerprint density at radius 2 is 0.797 bits per heavy atom. The standard InChI is InChI=1S/C58H35N/c1-2-13-37(14-3-1)53-35-55-56(49-20-10-8-18-46(49)53)52-31-30-51-48-29-26-41(40-25-28-45-42(32-40)23-22-38-15-6-7-17-44(38)45)34-54(48)47-19-9-11-21-50(47)57(51)58(52)59(55)43-27-24-36-12-4-5-16-39(36)33-43/h1-35H. The molecule has 0 aliphatic heterocycles. The molecule has 0 unspecified atom stereocenters. The van der Waals surface area contributed by atoms with Gasteiger partial charge >= 0.3 is 0 Å². The molecule has 13 rings (SSSR count). The van der Waals surface area contributed by atoms with E-state index in [2.05, 4.69) is 217 Å². The van der Waals surface area contributed by atoms with Crippen molar-refractivity contribution < 1.29 is 0 Å². The fraction of sp³-hybridized carbons (Fsp3) is 0. The molecule has 0 aliphatic rings. The van der Waals surface area contributed by atoms with Gasteiger partial charge in [0.1, 0.15) is 0 Å². The molecule has 0 fully saturated rings. The lowest BCUT2D eigenvalue weighted by Crippen LogP contribution is -1.96. The summed E-state index contributed by atoms with van der Waals surface area (Å²) in [5, 5.41) is 20.3. The third kappa shape index (κ3) is 4.73. The maximum absolute atomic E-state index is 2.56. The molecule has 0 aliphatic carbocycles. The van der Waals surface area contributed by atoms with Crippen molar-refractivity contribution in [3.8, 4) is 27.9 Å². The van der Waals surface area contributed by atoms with E-state index in [1.165, 1.54) is 119 Å². The van der Waals surface area contributed by atoms with Gasteiger partial charge in [0.25, 0.3) is 0 Å². The van der Waals surface area contributed by atoms with E-state index in [9.17, 15) is 0 Å². The summed E-state index contributed by atoms with van der Waals surface area (Å²) in [4.78, 5) is 0. The highest BCUT2D eigenvalue weighted by Gasteiger charge is 2.22. The average Bonchev–Trinajstić information content (AvgIpc) is 3.65. The first kappa shape index (κ1) is 32.4. The van der Waals surface area contributed by atoms with Gasteiger partial charge in [-0.1, -0.05) is 182 Å². The number of fused-ring (bicyclic) bond motifs is 16. The maximum Gasteiger partial charge on any atom is 0.0626 e. The summed E-state index contributed by atoms with van der Waals surface area (Å²) in [5.41, 5.74) is 8.53. The second-order valence-corrected chi connectivity index (χ2v) is 16.0. The summed E-state index contributed by atoms with van der Waals surface area (Å²) in [7, 11) is 0. The molecule has 1 heterocycles. The minimum Gasteiger partial charge on any atom is -0.309 e. The van der Waals surface area contributed by atoms with Crippen LogP contribution in [0.15, 0.2) is 212 Å². The van der Waals surface area contributed by atoms with E-state index in [1.807, 2.05) is 0 Å². The van der Waals surface area contributed by atoms with Gasteiger partial charge in [-0.05, 0) is 123 Å². The quantitative estimate of drug-likeness (QED) is 0.159. The number of hydrogen-bond acceptors (Lipinski definition) is 0. The van der Waals surface area contributed by atoms with Crippen LogP contribution in [0.2, 0.25) is 0 Å². The van der Waals surface area contributed by atoms with Crippen molar-refractivity contribution in [2.45, 2.75) is 0 Å². The van der Waals surface area contributed by atoms with Crippen LogP contribution in [-0.2, 0) is 0 Å². The zero-order valence-corrected chi connectivity index (χ0v) is 32.2. The third-order valence-electron chi connectivity index (χ3n) is 12.9. The molecule has 12 aromatic carbocycles. The molecule has 0 spiro atoms. The van der Waals surface area contributed by atoms with E-state index in [-0.39, 0.29) is 0 Å². The van der Waals surface area contributed by atoms with Gasteiger partial charge in [0, 0.05) is 21.8 Å². The van der Waals surface area contributed by atoms with Gasteiger partial charge in [-0.2, -0.15) is 0 Å². The van der Waals surface area contributed by atoms with Gasteiger partial charge in [-0.3, -0.25) is 0 Å². The third-order valence-corrected chi connectivity index (χ3v) is 12.9. The molecule has 59 heavy (non-hydrogen) atoms. The Hall–Kier alpha value is -7.74. The van der Waals surface area contributed by atoms with Crippen LogP contribution in [-0.4, -0.2) is 4.57 Å². The molecular weight excluding hydrogens is 711 g/mol. The van der Waals surface area contributed by atoms with Crippen molar-refractivity contribution in [1.82, 2.24) is 4.57 Å². The highest BCUT2D eigenvalue weighted by Crippen LogP contribution is 2.47. The summed E-state index contributed by atoms with van der Waals surface area (Å²) in [5.74, 6) is 0. The number of nitrogens with zero attached hydrogens (tertiary/aromatic N) is 1. The molecule has 0 atom stereocenters. The summed E-state index contributed by atoms with van der Waals surface area (Å²) in [6.07, 6.45) is 0. The fourth-order valence-corrected chi connectivity index (χ4v) is 10.2. The Labute approximate surface area is 340 Å². The molecular formula is C58H35N. The second-order valence-electron chi connectivity index (χ2n) is 16.0. The molecule has 0 saturated heterocycles. The van der Waals surface area contributed by atoms with Gasteiger partial charge in [0.2, 0.25) is 0 Å². The minimum absolute atomic E-state index is 1.16. The van der Waals surface area contributed by atoms with Gasteiger partial charge in [-0.25, -0.2) is 0 Å². The largest absolute Gasteiger partial charge is 0.309 e. The molecule has 1 aromatic heterocycles. The highest BCUT2D eigenvalue weighted by atomic mass is 15.0. The molecule has 1 heteroatoms. The lowest BCUT2D eigenvalue weighted by molar-refractivity contribution is 1.19. The summed E-state index contributed by atoms with van der Waals surface area (Å²) in [6, 6.07) is 79.0. The highest BCUT2D eigenvalue weighted by molar-refractivity contribution is 6.36. The zero-order valence-electron chi connectivity index (χ0n) is 32.2. The zero-order chi connectivity index (χ0) is 38.6. The summed E-state index contributed by atoms with van der Waals surface area (Å²) in [6.45, 7) is 0. The van der Waals surface area contributed by atoms with E-state index in [1.54, 1.807) is 0 Å². The predicted molar refractivity (Wildman–Crippen MR) is 254 cm³/mol. The first-order valence-corrected chi connectivity index (χ1v) is 20.5. The normalized spacial score (nSPS) is 12.1. The first-order chi connectivity index (χ1) is 29.3. The number of rotatable bonds is 3. The molecule has 0 N–H and O–H groups in total. The van der Waals surface area contributed by atoms with Crippen molar-refractivity contribution in [3.05, 3.63) is 212 Å². The van der Waals surface area contributed by atoms with Crippen LogP contribution in [0, 0.1) is 0 Å². The molecule has 0 saturated carbocycles. The Kier molecular flexibility index (Phi) is 6.79. The lowest BCUT2D eigenvalue weighted by Gasteiger charge is -2.16. The van der Waals surface area contributed by atoms with Gasteiger partial charge in [-0.15, -0.1) is 0 Å².